The first kappa shape index (κ1) is 13.6. The predicted octanol–water partition coefficient (Wildman–Crippen LogP) is 2.98. The predicted molar refractivity (Wildman–Crippen MR) is 74.0 cm³/mol. The second kappa shape index (κ2) is 5.89. The van der Waals surface area contributed by atoms with Crippen LogP contribution in [0.15, 0.2) is 34.7 Å². The smallest absolute Gasteiger partial charge is 0.317 e. The van der Waals surface area contributed by atoms with E-state index in [1.165, 1.54) is 0 Å². The molecule has 102 valence electrons. The summed E-state index contributed by atoms with van der Waals surface area (Å²) in [6.45, 7) is 5.46. The third kappa shape index (κ3) is 3.83. The summed E-state index contributed by atoms with van der Waals surface area (Å²) in [5.41, 5.74) is 0.845. The highest BCUT2D eigenvalue weighted by atomic mass is 16.4. The molecule has 0 saturated heterocycles. The molecule has 1 aromatic heterocycles. The van der Waals surface area contributed by atoms with Crippen molar-refractivity contribution in [2.45, 2.75) is 20.4 Å². The molecule has 0 amide bonds. The number of nitrogens with zero attached hydrogens (tertiary/aromatic N) is 1. The Morgan fingerprint density at radius 3 is 2.74 bits per heavy atom. The average molecular weight is 261 g/mol. The minimum Gasteiger partial charge on any atom is -0.480 e. The van der Waals surface area contributed by atoms with Crippen molar-refractivity contribution in [1.29, 1.82) is 0 Å². The molecule has 1 heterocycles. The second-order valence-electron chi connectivity index (χ2n) is 5.21. The van der Waals surface area contributed by atoms with Gasteiger partial charge in [0, 0.05) is 11.9 Å². The summed E-state index contributed by atoms with van der Waals surface area (Å²) >= 11 is 0. The van der Waals surface area contributed by atoms with Crippen LogP contribution in [0.4, 0.5) is 0 Å². The van der Waals surface area contributed by atoms with Crippen LogP contribution in [0.5, 0.6) is 0 Å². The number of furan rings is 1. The summed E-state index contributed by atoms with van der Waals surface area (Å²) in [6, 6.07) is 9.78. The lowest BCUT2D eigenvalue weighted by molar-refractivity contribution is -0.138. The van der Waals surface area contributed by atoms with Crippen LogP contribution in [-0.4, -0.2) is 29.1 Å². The van der Waals surface area contributed by atoms with E-state index in [4.69, 9.17) is 9.52 Å². The number of hydrogen-bond donors (Lipinski definition) is 1. The molecule has 0 spiro atoms. The lowest BCUT2D eigenvalue weighted by atomic mass is 10.2. The Hall–Kier alpha value is -1.81. The molecule has 2 rings (SSSR count). The van der Waals surface area contributed by atoms with Gasteiger partial charge in [-0.1, -0.05) is 32.0 Å². The number of aliphatic carboxylic acids is 1. The van der Waals surface area contributed by atoms with Gasteiger partial charge >= 0.3 is 5.97 Å². The van der Waals surface area contributed by atoms with Crippen molar-refractivity contribution in [3.63, 3.8) is 0 Å². The Morgan fingerprint density at radius 2 is 2.11 bits per heavy atom. The van der Waals surface area contributed by atoms with E-state index in [0.717, 1.165) is 23.3 Å². The lowest BCUT2D eigenvalue weighted by Gasteiger charge is -2.20. The second-order valence-corrected chi connectivity index (χ2v) is 5.21. The SMILES string of the molecule is CC(C)CN(CC(=O)O)Cc1cc2ccccc2o1. The Labute approximate surface area is 112 Å². The van der Waals surface area contributed by atoms with Gasteiger partial charge in [-0.3, -0.25) is 9.69 Å². The Bertz CT molecular complexity index is 526. The van der Waals surface area contributed by atoms with E-state index >= 15 is 0 Å². The molecule has 0 fully saturated rings. The number of rotatable bonds is 6. The molecule has 0 unspecified atom stereocenters. The van der Waals surface area contributed by atoms with E-state index < -0.39 is 5.97 Å². The molecule has 4 nitrogen and oxygen atoms in total. The van der Waals surface area contributed by atoms with Crippen molar-refractivity contribution < 1.29 is 14.3 Å². The Balaban J connectivity index is 2.12. The van der Waals surface area contributed by atoms with Gasteiger partial charge in [-0.25, -0.2) is 0 Å². The van der Waals surface area contributed by atoms with E-state index in [2.05, 4.69) is 13.8 Å². The maximum absolute atomic E-state index is 10.9. The van der Waals surface area contributed by atoms with E-state index in [1.54, 1.807) is 0 Å². The molecule has 4 heteroatoms. The van der Waals surface area contributed by atoms with Crippen molar-refractivity contribution in [3.8, 4) is 0 Å². The van der Waals surface area contributed by atoms with Gasteiger partial charge in [0.15, 0.2) is 0 Å². The largest absolute Gasteiger partial charge is 0.480 e. The zero-order valence-electron chi connectivity index (χ0n) is 11.3. The monoisotopic (exact) mass is 261 g/mol. The van der Waals surface area contributed by atoms with E-state index in [-0.39, 0.29) is 6.54 Å². The van der Waals surface area contributed by atoms with Crippen molar-refractivity contribution in [1.82, 2.24) is 4.90 Å². The fourth-order valence-electron chi connectivity index (χ4n) is 2.23. The standard InChI is InChI=1S/C15H19NO3/c1-11(2)8-16(10-15(17)18)9-13-7-12-5-3-4-6-14(12)19-13/h3-7,11H,8-10H2,1-2H3,(H,17,18). The molecule has 0 radical (unpaired) electrons. The topological polar surface area (TPSA) is 53.7 Å². The minimum absolute atomic E-state index is 0.0369. The summed E-state index contributed by atoms with van der Waals surface area (Å²) in [6.07, 6.45) is 0. The van der Waals surface area contributed by atoms with Crippen molar-refractivity contribution in [2.24, 2.45) is 5.92 Å². The fourth-order valence-corrected chi connectivity index (χ4v) is 2.23. The van der Waals surface area contributed by atoms with Crippen LogP contribution in [0.1, 0.15) is 19.6 Å². The van der Waals surface area contributed by atoms with Crippen LogP contribution in [0.3, 0.4) is 0 Å². The van der Waals surface area contributed by atoms with Crippen LogP contribution in [0, 0.1) is 5.92 Å². The molecule has 0 aliphatic heterocycles. The lowest BCUT2D eigenvalue weighted by Crippen LogP contribution is -2.32. The normalized spacial score (nSPS) is 11.6. The highest BCUT2D eigenvalue weighted by Gasteiger charge is 2.14. The first-order valence-electron chi connectivity index (χ1n) is 6.46. The number of hydrogen-bond acceptors (Lipinski definition) is 3. The van der Waals surface area contributed by atoms with E-state index in [0.29, 0.717) is 12.5 Å². The quantitative estimate of drug-likeness (QED) is 0.868. The van der Waals surface area contributed by atoms with Gasteiger partial charge in [-0.2, -0.15) is 0 Å². The van der Waals surface area contributed by atoms with Gasteiger partial charge in [0.25, 0.3) is 0 Å². The first-order chi connectivity index (χ1) is 9.04. The number of carboxylic acids is 1. The van der Waals surface area contributed by atoms with Crippen molar-refractivity contribution >= 4 is 16.9 Å². The fraction of sp³-hybridized carbons (Fsp3) is 0.400. The van der Waals surface area contributed by atoms with Gasteiger partial charge in [-0.05, 0) is 18.1 Å². The van der Waals surface area contributed by atoms with Crippen LogP contribution in [-0.2, 0) is 11.3 Å². The van der Waals surface area contributed by atoms with Gasteiger partial charge in [-0.15, -0.1) is 0 Å². The summed E-state index contributed by atoms with van der Waals surface area (Å²) in [7, 11) is 0. The van der Waals surface area contributed by atoms with Crippen molar-refractivity contribution in [2.75, 3.05) is 13.1 Å². The van der Waals surface area contributed by atoms with Gasteiger partial charge in [0.1, 0.15) is 11.3 Å². The van der Waals surface area contributed by atoms with E-state index in [9.17, 15) is 4.79 Å². The molecule has 19 heavy (non-hydrogen) atoms. The van der Waals surface area contributed by atoms with Crippen LogP contribution in [0.2, 0.25) is 0 Å². The van der Waals surface area contributed by atoms with E-state index in [1.807, 2.05) is 35.2 Å². The van der Waals surface area contributed by atoms with Crippen LogP contribution in [0.25, 0.3) is 11.0 Å². The highest BCUT2D eigenvalue weighted by Crippen LogP contribution is 2.20. The summed E-state index contributed by atoms with van der Waals surface area (Å²) in [5.74, 6) is 0.420. The minimum atomic E-state index is -0.809. The number of benzene rings is 1. The van der Waals surface area contributed by atoms with Gasteiger partial charge in [0.2, 0.25) is 0 Å². The van der Waals surface area contributed by atoms with Gasteiger partial charge in [0.05, 0.1) is 13.1 Å². The highest BCUT2D eigenvalue weighted by molar-refractivity contribution is 5.77. The molecule has 0 aliphatic carbocycles. The molecular weight excluding hydrogens is 242 g/mol. The third-order valence-electron chi connectivity index (χ3n) is 2.84. The number of carboxylic acid groups (broad SMARTS) is 1. The van der Waals surface area contributed by atoms with Crippen LogP contribution >= 0.6 is 0 Å². The average Bonchev–Trinajstić information content (AvgIpc) is 2.68. The summed E-state index contributed by atoms with van der Waals surface area (Å²) in [5, 5.41) is 10.00. The Kier molecular flexibility index (Phi) is 4.22. The molecule has 0 saturated carbocycles. The molecule has 1 aromatic carbocycles. The maximum Gasteiger partial charge on any atom is 0.317 e. The number of para-hydroxylation sites is 1. The number of carbonyl (C=O) groups is 1. The zero-order chi connectivity index (χ0) is 13.8. The summed E-state index contributed by atoms with van der Waals surface area (Å²) < 4.78 is 5.73. The molecule has 0 atom stereocenters. The Morgan fingerprint density at radius 1 is 1.37 bits per heavy atom. The van der Waals surface area contributed by atoms with Crippen molar-refractivity contribution in [3.05, 3.63) is 36.1 Å². The van der Waals surface area contributed by atoms with Crippen LogP contribution < -0.4 is 0 Å². The third-order valence-corrected chi connectivity index (χ3v) is 2.84. The molecule has 0 bridgehead atoms. The van der Waals surface area contributed by atoms with Gasteiger partial charge < -0.3 is 9.52 Å². The maximum atomic E-state index is 10.9. The first-order valence-corrected chi connectivity index (χ1v) is 6.46. The molecule has 2 aromatic rings. The number of fused-ring (bicyclic) bond motifs is 1. The zero-order valence-corrected chi connectivity index (χ0v) is 11.3. The summed E-state index contributed by atoms with van der Waals surface area (Å²) in [4.78, 5) is 12.8. The molecular formula is C15H19NO3. The molecule has 0 aliphatic rings. The molecule has 1 N–H and O–H groups in total.